The molecule has 1 nitrogen and oxygen atoms in total. The van der Waals surface area contributed by atoms with Gasteiger partial charge in [-0.05, 0) is 35.9 Å². The van der Waals surface area contributed by atoms with Crippen LogP contribution in [-0.2, 0) is 0 Å². The zero-order valence-corrected chi connectivity index (χ0v) is 9.25. The van der Waals surface area contributed by atoms with Crippen LogP contribution in [0.15, 0.2) is 65.7 Å². The quantitative estimate of drug-likeness (QED) is 0.693. The van der Waals surface area contributed by atoms with Gasteiger partial charge in [-0.25, -0.2) is 4.39 Å². The Hall–Kier alpha value is -2.22. The van der Waals surface area contributed by atoms with Crippen LogP contribution in [0, 0.1) is 5.82 Å². The molecule has 84 valence electrons. The van der Waals surface area contributed by atoms with Crippen LogP contribution in [0.1, 0.15) is 5.56 Å². The second-order valence-electron chi connectivity index (χ2n) is 3.52. The highest BCUT2D eigenvalue weighted by Crippen LogP contribution is 2.11. The summed E-state index contributed by atoms with van der Waals surface area (Å²) in [6, 6.07) is 16.0. The van der Waals surface area contributed by atoms with Gasteiger partial charge in [-0.3, -0.25) is 4.99 Å². The lowest BCUT2D eigenvalue weighted by Crippen LogP contribution is -1.72. The van der Waals surface area contributed by atoms with Crippen LogP contribution in [0.2, 0.25) is 0 Å². The van der Waals surface area contributed by atoms with Crippen molar-refractivity contribution < 1.29 is 4.39 Å². The standard InChI is InChI=1S/C15H12FN/c16-14-8-10-15(11-9-14)17-12-4-7-13-5-2-1-3-6-13/h1-12H/b7-4-,17-12?. The molecule has 0 atom stereocenters. The first-order valence-electron chi connectivity index (χ1n) is 5.36. The van der Waals surface area contributed by atoms with Gasteiger partial charge >= 0.3 is 0 Å². The molecule has 2 rings (SSSR count). The first-order valence-corrected chi connectivity index (χ1v) is 5.36. The molecule has 0 heterocycles. The summed E-state index contributed by atoms with van der Waals surface area (Å²) in [5.41, 5.74) is 1.86. The van der Waals surface area contributed by atoms with Crippen molar-refractivity contribution >= 4 is 18.0 Å². The van der Waals surface area contributed by atoms with Crippen molar-refractivity contribution in [3.63, 3.8) is 0 Å². The number of rotatable bonds is 3. The lowest BCUT2D eigenvalue weighted by molar-refractivity contribution is 0.628. The lowest BCUT2D eigenvalue weighted by atomic mass is 10.2. The number of nitrogens with zero attached hydrogens (tertiary/aromatic N) is 1. The molecule has 0 unspecified atom stereocenters. The van der Waals surface area contributed by atoms with E-state index in [-0.39, 0.29) is 5.82 Å². The van der Waals surface area contributed by atoms with E-state index < -0.39 is 0 Å². The number of halogens is 1. The molecule has 0 saturated heterocycles. The van der Waals surface area contributed by atoms with Gasteiger partial charge < -0.3 is 0 Å². The third-order valence-corrected chi connectivity index (χ3v) is 2.22. The van der Waals surface area contributed by atoms with Gasteiger partial charge in [-0.15, -0.1) is 0 Å². The van der Waals surface area contributed by atoms with Gasteiger partial charge in [0.05, 0.1) is 5.69 Å². The normalized spacial score (nSPS) is 11.4. The van der Waals surface area contributed by atoms with Gasteiger partial charge in [-0.2, -0.15) is 0 Å². The summed E-state index contributed by atoms with van der Waals surface area (Å²) >= 11 is 0. The third kappa shape index (κ3) is 3.68. The Labute approximate surface area is 100.0 Å². The van der Waals surface area contributed by atoms with Crippen molar-refractivity contribution in [1.82, 2.24) is 0 Å². The predicted molar refractivity (Wildman–Crippen MR) is 70.0 cm³/mol. The van der Waals surface area contributed by atoms with Crippen LogP contribution in [0.3, 0.4) is 0 Å². The number of hydrogen-bond donors (Lipinski definition) is 0. The maximum absolute atomic E-state index is 12.6. The van der Waals surface area contributed by atoms with Gasteiger partial charge in [0.1, 0.15) is 5.82 Å². The van der Waals surface area contributed by atoms with Crippen LogP contribution < -0.4 is 0 Å². The summed E-state index contributed by atoms with van der Waals surface area (Å²) < 4.78 is 12.6. The Morgan fingerprint density at radius 1 is 0.882 bits per heavy atom. The van der Waals surface area contributed by atoms with Gasteiger partial charge in [-0.1, -0.05) is 36.4 Å². The van der Waals surface area contributed by atoms with E-state index in [1.807, 2.05) is 42.5 Å². The molecule has 0 bridgehead atoms. The Balaban J connectivity index is 1.98. The van der Waals surface area contributed by atoms with Crippen molar-refractivity contribution in [3.05, 3.63) is 72.1 Å². The molecular formula is C15H12FN. The van der Waals surface area contributed by atoms with E-state index in [9.17, 15) is 4.39 Å². The van der Waals surface area contributed by atoms with Crippen LogP contribution in [-0.4, -0.2) is 6.21 Å². The molecule has 0 aliphatic rings. The zero-order valence-electron chi connectivity index (χ0n) is 9.25. The lowest BCUT2D eigenvalue weighted by Gasteiger charge is -1.91. The average molecular weight is 225 g/mol. The maximum atomic E-state index is 12.6. The molecule has 0 aliphatic carbocycles. The number of benzene rings is 2. The predicted octanol–water partition coefficient (Wildman–Crippen LogP) is 4.24. The smallest absolute Gasteiger partial charge is 0.123 e. The summed E-state index contributed by atoms with van der Waals surface area (Å²) in [5.74, 6) is -0.247. The van der Waals surface area contributed by atoms with E-state index in [2.05, 4.69) is 4.99 Å². The summed E-state index contributed by atoms with van der Waals surface area (Å²) in [6.45, 7) is 0. The molecule has 2 aromatic carbocycles. The van der Waals surface area contributed by atoms with Crippen LogP contribution in [0.25, 0.3) is 6.08 Å². The van der Waals surface area contributed by atoms with Crippen LogP contribution in [0.5, 0.6) is 0 Å². The van der Waals surface area contributed by atoms with Gasteiger partial charge in [0.15, 0.2) is 0 Å². The monoisotopic (exact) mass is 225 g/mol. The number of aliphatic imine (C=N–C) groups is 1. The maximum Gasteiger partial charge on any atom is 0.123 e. The fraction of sp³-hybridized carbons (Fsp3) is 0. The molecule has 2 heteroatoms. The highest BCUT2D eigenvalue weighted by molar-refractivity contribution is 5.80. The van der Waals surface area contributed by atoms with E-state index in [0.29, 0.717) is 0 Å². The zero-order chi connectivity index (χ0) is 11.9. The molecule has 0 aliphatic heterocycles. The van der Waals surface area contributed by atoms with E-state index >= 15 is 0 Å². The first kappa shape index (κ1) is 11.3. The second kappa shape index (κ2) is 5.75. The highest BCUT2D eigenvalue weighted by atomic mass is 19.1. The molecular weight excluding hydrogens is 213 g/mol. The molecule has 0 amide bonds. The number of allylic oxidation sites excluding steroid dienone is 1. The Bertz CT molecular complexity index is 512. The summed E-state index contributed by atoms with van der Waals surface area (Å²) in [7, 11) is 0. The molecule has 0 radical (unpaired) electrons. The highest BCUT2D eigenvalue weighted by Gasteiger charge is 1.88. The Morgan fingerprint density at radius 3 is 2.29 bits per heavy atom. The SMILES string of the molecule is Fc1ccc(N=C/C=C\c2ccccc2)cc1. The molecule has 0 N–H and O–H groups in total. The van der Waals surface area contributed by atoms with Crippen molar-refractivity contribution in [2.75, 3.05) is 0 Å². The molecule has 0 saturated carbocycles. The summed E-state index contributed by atoms with van der Waals surface area (Å²) in [6.07, 6.45) is 5.52. The molecule has 0 fully saturated rings. The first-order chi connectivity index (χ1) is 8.34. The minimum Gasteiger partial charge on any atom is -0.257 e. The fourth-order valence-electron chi connectivity index (χ4n) is 1.37. The Morgan fingerprint density at radius 2 is 1.59 bits per heavy atom. The molecule has 0 aromatic heterocycles. The van der Waals surface area contributed by atoms with E-state index in [0.717, 1.165) is 11.3 Å². The van der Waals surface area contributed by atoms with E-state index in [1.165, 1.54) is 12.1 Å². The second-order valence-corrected chi connectivity index (χ2v) is 3.52. The van der Waals surface area contributed by atoms with Crippen molar-refractivity contribution in [2.45, 2.75) is 0 Å². The number of hydrogen-bond acceptors (Lipinski definition) is 1. The molecule has 17 heavy (non-hydrogen) atoms. The minimum absolute atomic E-state index is 0.247. The van der Waals surface area contributed by atoms with Gasteiger partial charge in [0.25, 0.3) is 0 Å². The topological polar surface area (TPSA) is 12.4 Å². The minimum atomic E-state index is -0.247. The average Bonchev–Trinajstić information content (AvgIpc) is 2.38. The molecule has 0 spiro atoms. The largest absolute Gasteiger partial charge is 0.257 e. The Kier molecular flexibility index (Phi) is 3.81. The molecule has 2 aromatic rings. The van der Waals surface area contributed by atoms with E-state index in [1.54, 1.807) is 18.3 Å². The van der Waals surface area contributed by atoms with E-state index in [4.69, 9.17) is 0 Å². The van der Waals surface area contributed by atoms with Crippen molar-refractivity contribution in [2.24, 2.45) is 4.99 Å². The summed E-state index contributed by atoms with van der Waals surface area (Å²) in [5, 5.41) is 0. The van der Waals surface area contributed by atoms with Crippen LogP contribution in [0.4, 0.5) is 10.1 Å². The van der Waals surface area contributed by atoms with Crippen molar-refractivity contribution in [1.29, 1.82) is 0 Å². The fourth-order valence-corrected chi connectivity index (χ4v) is 1.37. The van der Waals surface area contributed by atoms with Crippen LogP contribution >= 0.6 is 0 Å². The third-order valence-electron chi connectivity index (χ3n) is 2.22. The summed E-state index contributed by atoms with van der Waals surface area (Å²) in [4.78, 5) is 4.18. The van der Waals surface area contributed by atoms with Crippen molar-refractivity contribution in [3.8, 4) is 0 Å². The van der Waals surface area contributed by atoms with Gasteiger partial charge in [0, 0.05) is 6.21 Å². The van der Waals surface area contributed by atoms with Gasteiger partial charge in [0.2, 0.25) is 0 Å².